The maximum Gasteiger partial charge on any atom is 0.220 e. The van der Waals surface area contributed by atoms with Crippen molar-refractivity contribution in [3.63, 3.8) is 0 Å². The van der Waals surface area contributed by atoms with Gasteiger partial charge in [-0.05, 0) is 61.0 Å². The van der Waals surface area contributed by atoms with Crippen LogP contribution in [0.5, 0.6) is 5.75 Å². The quantitative estimate of drug-likeness (QED) is 0.620. The third kappa shape index (κ3) is 4.76. The van der Waals surface area contributed by atoms with Crippen molar-refractivity contribution in [1.82, 2.24) is 5.32 Å². The molecule has 2 aromatic carbocycles. The summed E-state index contributed by atoms with van der Waals surface area (Å²) < 4.78 is 37.3. The van der Waals surface area contributed by atoms with Gasteiger partial charge in [0.15, 0.2) is 11.6 Å². The normalized spacial score (nSPS) is 11.9. The Morgan fingerprint density at radius 2 is 1.82 bits per heavy atom. The predicted molar refractivity (Wildman–Crippen MR) is 102 cm³/mol. The number of carbonyl (C=O) groups excluding carboxylic acids is 1. The van der Waals surface area contributed by atoms with E-state index in [9.17, 15) is 13.6 Å². The Labute approximate surface area is 162 Å². The molecule has 0 aliphatic heterocycles. The highest BCUT2D eigenvalue weighted by Crippen LogP contribution is 2.25. The second-order valence-corrected chi connectivity index (χ2v) is 6.46. The van der Waals surface area contributed by atoms with Gasteiger partial charge in [-0.15, -0.1) is 0 Å². The minimum atomic E-state index is -0.930. The SMILES string of the molecule is COc1ccc(-c2ccc(CCC(=O)NC(C)c3ccc(F)c(F)c3)o2)cc1. The molecule has 1 aromatic heterocycles. The molecule has 1 unspecified atom stereocenters. The topological polar surface area (TPSA) is 51.5 Å². The average molecular weight is 385 g/mol. The molecule has 0 saturated carbocycles. The number of nitrogens with one attached hydrogen (secondary N) is 1. The molecule has 1 heterocycles. The molecular weight excluding hydrogens is 364 g/mol. The molecule has 0 aliphatic carbocycles. The van der Waals surface area contributed by atoms with Gasteiger partial charge in [0.2, 0.25) is 5.91 Å². The van der Waals surface area contributed by atoms with Crippen molar-refractivity contribution in [1.29, 1.82) is 0 Å². The molecule has 3 aromatic rings. The van der Waals surface area contributed by atoms with Crippen LogP contribution in [0.4, 0.5) is 8.78 Å². The number of hydrogen-bond donors (Lipinski definition) is 1. The van der Waals surface area contributed by atoms with E-state index in [0.717, 1.165) is 23.4 Å². The number of ether oxygens (including phenoxy) is 1. The lowest BCUT2D eigenvalue weighted by molar-refractivity contribution is -0.121. The summed E-state index contributed by atoms with van der Waals surface area (Å²) in [6, 6.07) is 14.4. The second-order valence-electron chi connectivity index (χ2n) is 6.46. The highest BCUT2D eigenvalue weighted by atomic mass is 19.2. The standard InChI is InChI=1S/C22H21F2NO3/c1-14(16-5-10-19(23)20(24)13-16)25-22(26)12-9-18-8-11-21(28-18)15-3-6-17(27-2)7-4-15/h3-8,10-11,13-14H,9,12H2,1-2H3,(H,25,26). The molecular formula is C22H21F2NO3. The monoisotopic (exact) mass is 385 g/mol. The van der Waals surface area contributed by atoms with Crippen molar-refractivity contribution in [3.05, 3.63) is 77.6 Å². The zero-order valence-electron chi connectivity index (χ0n) is 15.7. The first-order valence-corrected chi connectivity index (χ1v) is 8.93. The Balaban J connectivity index is 1.54. The summed E-state index contributed by atoms with van der Waals surface area (Å²) in [4.78, 5) is 12.2. The Hall–Kier alpha value is -3.15. The van der Waals surface area contributed by atoms with Gasteiger partial charge in [0.05, 0.1) is 13.2 Å². The van der Waals surface area contributed by atoms with Crippen LogP contribution in [0.25, 0.3) is 11.3 Å². The zero-order chi connectivity index (χ0) is 20.1. The van der Waals surface area contributed by atoms with Crippen LogP contribution in [0.15, 0.2) is 59.0 Å². The number of benzene rings is 2. The maximum atomic E-state index is 13.3. The Morgan fingerprint density at radius 1 is 1.07 bits per heavy atom. The number of aryl methyl sites for hydroxylation is 1. The van der Waals surface area contributed by atoms with Crippen LogP contribution in [-0.4, -0.2) is 13.0 Å². The number of amides is 1. The molecule has 0 fully saturated rings. The lowest BCUT2D eigenvalue weighted by Gasteiger charge is -2.14. The van der Waals surface area contributed by atoms with E-state index in [4.69, 9.17) is 9.15 Å². The smallest absolute Gasteiger partial charge is 0.220 e. The summed E-state index contributed by atoms with van der Waals surface area (Å²) >= 11 is 0. The van der Waals surface area contributed by atoms with Gasteiger partial charge in [-0.25, -0.2) is 8.78 Å². The fourth-order valence-electron chi connectivity index (χ4n) is 2.84. The van der Waals surface area contributed by atoms with Crippen molar-refractivity contribution in [2.45, 2.75) is 25.8 Å². The van der Waals surface area contributed by atoms with Gasteiger partial charge >= 0.3 is 0 Å². The van der Waals surface area contributed by atoms with Crippen molar-refractivity contribution >= 4 is 5.91 Å². The van der Waals surface area contributed by atoms with E-state index in [2.05, 4.69) is 5.32 Å². The summed E-state index contributed by atoms with van der Waals surface area (Å²) in [5, 5.41) is 2.78. The molecule has 0 radical (unpaired) electrons. The van der Waals surface area contributed by atoms with Gasteiger partial charge in [0.25, 0.3) is 0 Å². The van der Waals surface area contributed by atoms with Crippen molar-refractivity contribution in [3.8, 4) is 17.1 Å². The van der Waals surface area contributed by atoms with Gasteiger partial charge in [0.1, 0.15) is 17.3 Å². The van der Waals surface area contributed by atoms with E-state index in [1.165, 1.54) is 6.07 Å². The van der Waals surface area contributed by atoms with E-state index in [0.29, 0.717) is 23.5 Å². The molecule has 6 heteroatoms. The van der Waals surface area contributed by atoms with Crippen LogP contribution in [-0.2, 0) is 11.2 Å². The highest BCUT2D eigenvalue weighted by Gasteiger charge is 2.13. The summed E-state index contributed by atoms with van der Waals surface area (Å²) in [6.07, 6.45) is 0.663. The number of rotatable bonds is 7. The molecule has 0 bridgehead atoms. The molecule has 1 N–H and O–H groups in total. The molecule has 1 amide bonds. The minimum absolute atomic E-state index is 0.195. The molecule has 146 valence electrons. The van der Waals surface area contributed by atoms with Gasteiger partial charge < -0.3 is 14.5 Å². The number of hydrogen-bond acceptors (Lipinski definition) is 3. The van der Waals surface area contributed by atoms with E-state index >= 15 is 0 Å². The molecule has 0 spiro atoms. The number of methoxy groups -OCH3 is 1. The largest absolute Gasteiger partial charge is 0.497 e. The van der Waals surface area contributed by atoms with Crippen LogP contribution < -0.4 is 10.1 Å². The average Bonchev–Trinajstić information content (AvgIpc) is 3.17. The Kier molecular flexibility index (Phi) is 6.09. The van der Waals surface area contributed by atoms with E-state index < -0.39 is 17.7 Å². The van der Waals surface area contributed by atoms with Gasteiger partial charge in [0, 0.05) is 18.4 Å². The predicted octanol–water partition coefficient (Wildman–Crippen LogP) is 5.04. The summed E-state index contributed by atoms with van der Waals surface area (Å²) in [7, 11) is 1.61. The Bertz CT molecular complexity index is 951. The maximum absolute atomic E-state index is 13.3. The Morgan fingerprint density at radius 3 is 2.50 bits per heavy atom. The molecule has 0 aliphatic rings. The van der Waals surface area contributed by atoms with E-state index in [-0.39, 0.29) is 12.3 Å². The number of halogens is 2. The number of furan rings is 1. The fourth-order valence-corrected chi connectivity index (χ4v) is 2.84. The van der Waals surface area contributed by atoms with E-state index in [1.807, 2.05) is 36.4 Å². The molecule has 1 atom stereocenters. The minimum Gasteiger partial charge on any atom is -0.497 e. The first kappa shape index (κ1) is 19.6. The third-order valence-corrected chi connectivity index (χ3v) is 4.46. The summed E-state index contributed by atoms with van der Waals surface area (Å²) in [6.45, 7) is 1.72. The van der Waals surface area contributed by atoms with Crippen LogP contribution in [0.1, 0.15) is 30.7 Å². The van der Waals surface area contributed by atoms with E-state index in [1.54, 1.807) is 14.0 Å². The number of carbonyl (C=O) groups is 1. The van der Waals surface area contributed by atoms with Gasteiger partial charge in [-0.1, -0.05) is 6.07 Å². The van der Waals surface area contributed by atoms with Gasteiger partial charge in [-0.2, -0.15) is 0 Å². The van der Waals surface area contributed by atoms with Crippen molar-refractivity contribution in [2.75, 3.05) is 7.11 Å². The van der Waals surface area contributed by atoms with Crippen molar-refractivity contribution < 1.29 is 22.7 Å². The third-order valence-electron chi connectivity index (χ3n) is 4.46. The molecule has 4 nitrogen and oxygen atoms in total. The molecule has 0 saturated heterocycles. The van der Waals surface area contributed by atoms with Crippen LogP contribution in [0.2, 0.25) is 0 Å². The first-order chi connectivity index (χ1) is 13.5. The lowest BCUT2D eigenvalue weighted by atomic mass is 10.1. The lowest BCUT2D eigenvalue weighted by Crippen LogP contribution is -2.26. The zero-order valence-corrected chi connectivity index (χ0v) is 15.7. The molecule has 28 heavy (non-hydrogen) atoms. The van der Waals surface area contributed by atoms with Crippen LogP contribution in [0.3, 0.4) is 0 Å². The summed E-state index contributed by atoms with van der Waals surface area (Å²) in [5.74, 6) is 0.143. The molecule has 3 rings (SSSR count). The first-order valence-electron chi connectivity index (χ1n) is 8.93. The highest BCUT2D eigenvalue weighted by molar-refractivity contribution is 5.76. The fraction of sp³-hybridized carbons (Fsp3) is 0.227. The summed E-state index contributed by atoms with van der Waals surface area (Å²) in [5.41, 5.74) is 1.43. The van der Waals surface area contributed by atoms with Crippen LogP contribution >= 0.6 is 0 Å². The van der Waals surface area contributed by atoms with Crippen molar-refractivity contribution in [2.24, 2.45) is 0 Å². The van der Waals surface area contributed by atoms with Gasteiger partial charge in [-0.3, -0.25) is 4.79 Å². The van der Waals surface area contributed by atoms with Crippen LogP contribution in [0, 0.1) is 11.6 Å². The second kappa shape index (κ2) is 8.69.